The van der Waals surface area contributed by atoms with Crippen molar-refractivity contribution in [3.8, 4) is 0 Å². The molecular weight excluding hydrogens is 307 g/mol. The quantitative estimate of drug-likeness (QED) is 0.611. The van der Waals surface area contributed by atoms with Gasteiger partial charge in [0.15, 0.2) is 5.96 Å². The molecule has 2 rings (SSSR count). The number of hydrogen-bond donors (Lipinski definition) is 2. The van der Waals surface area contributed by atoms with E-state index in [-0.39, 0.29) is 11.6 Å². The van der Waals surface area contributed by atoms with Crippen LogP contribution in [0.25, 0.3) is 0 Å². The number of hydrogen-bond acceptors (Lipinski definition) is 3. The van der Waals surface area contributed by atoms with Crippen molar-refractivity contribution in [2.45, 2.75) is 13.0 Å². The fourth-order valence-electron chi connectivity index (χ4n) is 2.28. The molecule has 8 heteroatoms. The van der Waals surface area contributed by atoms with Crippen molar-refractivity contribution in [2.24, 2.45) is 4.99 Å². The highest BCUT2D eigenvalue weighted by Crippen LogP contribution is 2.11. The molecule has 22 heavy (non-hydrogen) atoms. The summed E-state index contributed by atoms with van der Waals surface area (Å²) >= 11 is 0. The van der Waals surface area contributed by atoms with Crippen molar-refractivity contribution in [2.75, 3.05) is 32.4 Å². The van der Waals surface area contributed by atoms with Crippen molar-refractivity contribution in [1.29, 1.82) is 0 Å². The SMILES string of the molecule is CN=C(NCCN1CCCS1(=O)=O)NCc1ccccc1F. The van der Waals surface area contributed by atoms with Crippen LogP contribution in [0.5, 0.6) is 0 Å². The van der Waals surface area contributed by atoms with Gasteiger partial charge in [-0.25, -0.2) is 17.1 Å². The molecule has 122 valence electrons. The normalized spacial score (nSPS) is 18.4. The van der Waals surface area contributed by atoms with Gasteiger partial charge in [0.1, 0.15) is 5.82 Å². The highest BCUT2D eigenvalue weighted by atomic mass is 32.2. The number of nitrogens with zero attached hydrogens (tertiary/aromatic N) is 2. The lowest BCUT2D eigenvalue weighted by Crippen LogP contribution is -2.41. The van der Waals surface area contributed by atoms with Gasteiger partial charge in [0.25, 0.3) is 0 Å². The topological polar surface area (TPSA) is 73.8 Å². The summed E-state index contributed by atoms with van der Waals surface area (Å²) in [6.07, 6.45) is 0.683. The first-order valence-corrected chi connectivity index (χ1v) is 8.79. The number of nitrogens with one attached hydrogen (secondary N) is 2. The number of aliphatic imine (C=N–C) groups is 1. The van der Waals surface area contributed by atoms with Gasteiger partial charge in [0.2, 0.25) is 10.0 Å². The summed E-state index contributed by atoms with van der Waals surface area (Å²) in [6, 6.07) is 6.52. The highest BCUT2D eigenvalue weighted by molar-refractivity contribution is 7.89. The molecule has 1 saturated heterocycles. The smallest absolute Gasteiger partial charge is 0.214 e. The molecule has 1 aromatic rings. The Balaban J connectivity index is 1.77. The summed E-state index contributed by atoms with van der Waals surface area (Å²) in [6.45, 7) is 1.75. The van der Waals surface area contributed by atoms with E-state index < -0.39 is 10.0 Å². The third-order valence-corrected chi connectivity index (χ3v) is 5.44. The van der Waals surface area contributed by atoms with E-state index in [1.807, 2.05) is 0 Å². The van der Waals surface area contributed by atoms with Gasteiger partial charge in [-0.2, -0.15) is 0 Å². The van der Waals surface area contributed by atoms with Crippen LogP contribution in [0.3, 0.4) is 0 Å². The molecule has 0 radical (unpaired) electrons. The summed E-state index contributed by atoms with van der Waals surface area (Å²) in [4.78, 5) is 4.04. The Morgan fingerprint density at radius 2 is 2.14 bits per heavy atom. The maximum atomic E-state index is 13.5. The van der Waals surface area contributed by atoms with Gasteiger partial charge in [0, 0.05) is 38.8 Å². The predicted octanol–water partition coefficient (Wildman–Crippen LogP) is 0.526. The van der Waals surface area contributed by atoms with E-state index in [1.165, 1.54) is 10.4 Å². The second kappa shape index (κ2) is 7.55. The molecule has 0 unspecified atom stereocenters. The molecule has 0 saturated carbocycles. The molecule has 1 heterocycles. The fourth-order valence-corrected chi connectivity index (χ4v) is 3.81. The molecule has 0 amide bonds. The van der Waals surface area contributed by atoms with E-state index in [1.54, 1.807) is 25.2 Å². The minimum absolute atomic E-state index is 0.229. The van der Waals surface area contributed by atoms with Crippen molar-refractivity contribution in [1.82, 2.24) is 14.9 Å². The maximum absolute atomic E-state index is 13.5. The maximum Gasteiger partial charge on any atom is 0.214 e. The van der Waals surface area contributed by atoms with Gasteiger partial charge in [-0.05, 0) is 12.5 Å². The number of halogens is 1. The minimum atomic E-state index is -3.07. The molecule has 1 aliphatic heterocycles. The zero-order chi connectivity index (χ0) is 16.0. The van der Waals surface area contributed by atoms with Gasteiger partial charge in [-0.3, -0.25) is 4.99 Å². The van der Waals surface area contributed by atoms with Gasteiger partial charge in [-0.1, -0.05) is 18.2 Å². The van der Waals surface area contributed by atoms with Crippen LogP contribution in [0.2, 0.25) is 0 Å². The molecule has 0 atom stereocenters. The molecule has 1 aromatic carbocycles. The second-order valence-corrected chi connectivity index (χ2v) is 7.10. The van der Waals surface area contributed by atoms with E-state index >= 15 is 0 Å². The lowest BCUT2D eigenvalue weighted by Gasteiger charge is -2.16. The average Bonchev–Trinajstić information content (AvgIpc) is 2.83. The van der Waals surface area contributed by atoms with Crippen molar-refractivity contribution in [3.05, 3.63) is 35.6 Å². The third-order valence-electron chi connectivity index (χ3n) is 3.48. The summed E-state index contributed by atoms with van der Waals surface area (Å²) in [5.41, 5.74) is 0.549. The molecule has 0 aromatic heterocycles. The molecule has 0 spiro atoms. The zero-order valence-corrected chi connectivity index (χ0v) is 13.4. The molecule has 0 bridgehead atoms. The summed E-state index contributed by atoms with van der Waals surface area (Å²) < 4.78 is 38.3. The fraction of sp³-hybridized carbons (Fsp3) is 0.500. The van der Waals surface area contributed by atoms with Crippen LogP contribution in [0.4, 0.5) is 4.39 Å². The van der Waals surface area contributed by atoms with E-state index in [2.05, 4.69) is 15.6 Å². The number of rotatable bonds is 5. The summed E-state index contributed by atoms with van der Waals surface area (Å²) in [7, 11) is -1.45. The highest BCUT2D eigenvalue weighted by Gasteiger charge is 2.27. The van der Waals surface area contributed by atoms with E-state index in [0.29, 0.717) is 44.1 Å². The van der Waals surface area contributed by atoms with Crippen LogP contribution in [0.15, 0.2) is 29.3 Å². The lowest BCUT2D eigenvalue weighted by atomic mass is 10.2. The largest absolute Gasteiger partial charge is 0.355 e. The van der Waals surface area contributed by atoms with Crippen molar-refractivity contribution >= 4 is 16.0 Å². The predicted molar refractivity (Wildman–Crippen MR) is 84.6 cm³/mol. The molecule has 1 fully saturated rings. The van der Waals surface area contributed by atoms with Gasteiger partial charge in [0.05, 0.1) is 5.75 Å². The van der Waals surface area contributed by atoms with Gasteiger partial charge < -0.3 is 10.6 Å². The van der Waals surface area contributed by atoms with Crippen LogP contribution < -0.4 is 10.6 Å². The molecule has 6 nitrogen and oxygen atoms in total. The Hall–Kier alpha value is -1.67. The average molecular weight is 328 g/mol. The van der Waals surface area contributed by atoms with Gasteiger partial charge >= 0.3 is 0 Å². The Kier molecular flexibility index (Phi) is 5.73. The van der Waals surface area contributed by atoms with Crippen LogP contribution in [0, 0.1) is 5.82 Å². The third kappa shape index (κ3) is 4.41. The standard InChI is InChI=1S/C14H21FN4O2S/c1-16-14(18-11-12-5-2-3-6-13(12)15)17-7-9-19-8-4-10-22(19,20)21/h2-3,5-6H,4,7-11H2,1H3,(H2,16,17,18). The summed E-state index contributed by atoms with van der Waals surface area (Å²) in [5.74, 6) is 0.473. The molecule has 0 aliphatic carbocycles. The van der Waals surface area contributed by atoms with Crippen molar-refractivity contribution < 1.29 is 12.8 Å². The number of sulfonamides is 1. The first-order chi connectivity index (χ1) is 10.5. The van der Waals surface area contributed by atoms with Gasteiger partial charge in [-0.15, -0.1) is 0 Å². The molecule has 2 N–H and O–H groups in total. The van der Waals surface area contributed by atoms with Crippen LogP contribution in [-0.2, 0) is 16.6 Å². The molecular formula is C14H21FN4O2S. The van der Waals surface area contributed by atoms with Crippen molar-refractivity contribution in [3.63, 3.8) is 0 Å². The van der Waals surface area contributed by atoms with Crippen LogP contribution in [-0.4, -0.2) is 51.1 Å². The van der Waals surface area contributed by atoms with E-state index in [9.17, 15) is 12.8 Å². The summed E-state index contributed by atoms with van der Waals surface area (Å²) in [5, 5.41) is 6.04. The first kappa shape index (κ1) is 16.7. The second-order valence-electron chi connectivity index (χ2n) is 5.01. The monoisotopic (exact) mass is 328 g/mol. The lowest BCUT2D eigenvalue weighted by molar-refractivity contribution is 0.445. The number of guanidine groups is 1. The Labute approximate surface area is 130 Å². The van der Waals surface area contributed by atoms with Crippen LogP contribution >= 0.6 is 0 Å². The van der Waals surface area contributed by atoms with E-state index in [0.717, 1.165) is 0 Å². The number of benzene rings is 1. The Morgan fingerprint density at radius 1 is 1.36 bits per heavy atom. The van der Waals surface area contributed by atoms with Crippen LogP contribution in [0.1, 0.15) is 12.0 Å². The zero-order valence-electron chi connectivity index (χ0n) is 12.5. The first-order valence-electron chi connectivity index (χ1n) is 7.18. The Bertz CT molecular complexity index is 633. The van der Waals surface area contributed by atoms with E-state index in [4.69, 9.17) is 0 Å². The molecule has 1 aliphatic rings. The Morgan fingerprint density at radius 3 is 2.77 bits per heavy atom. The minimum Gasteiger partial charge on any atom is -0.355 e.